The zero-order valence-electron chi connectivity index (χ0n) is 10.6. The zero-order valence-corrected chi connectivity index (χ0v) is 12.7. The van der Waals surface area contributed by atoms with Crippen molar-refractivity contribution in [2.45, 2.75) is 18.8 Å². The van der Waals surface area contributed by atoms with Gasteiger partial charge in [-0.2, -0.15) is 0 Å². The van der Waals surface area contributed by atoms with Gasteiger partial charge in [-0.15, -0.1) is 0 Å². The first-order chi connectivity index (χ1) is 8.72. The predicted molar refractivity (Wildman–Crippen MR) is 82.4 cm³/mol. The van der Waals surface area contributed by atoms with Gasteiger partial charge in [-0.25, -0.2) is 0 Å². The van der Waals surface area contributed by atoms with Gasteiger partial charge in [0.15, 0.2) is 0 Å². The Bertz CT molecular complexity index is 486. The molecule has 1 N–H and O–H groups in total. The van der Waals surface area contributed by atoms with Crippen molar-refractivity contribution in [3.63, 3.8) is 0 Å². The fourth-order valence-electron chi connectivity index (χ4n) is 3.35. The van der Waals surface area contributed by atoms with Crippen LogP contribution in [0.15, 0.2) is 24.8 Å². The lowest BCUT2D eigenvalue weighted by Gasteiger charge is -2.13. The van der Waals surface area contributed by atoms with Crippen LogP contribution in [-0.2, 0) is 0 Å². The molecule has 3 atom stereocenters. The van der Waals surface area contributed by atoms with Gasteiger partial charge >= 0.3 is 0 Å². The highest BCUT2D eigenvalue weighted by molar-refractivity contribution is 14.1. The monoisotopic (exact) mass is 355 g/mol. The Morgan fingerprint density at radius 1 is 1.44 bits per heavy atom. The molecular formula is C15H18INO. The van der Waals surface area contributed by atoms with E-state index in [-0.39, 0.29) is 0 Å². The summed E-state index contributed by atoms with van der Waals surface area (Å²) >= 11 is 2.37. The molecule has 1 fully saturated rings. The smallest absolute Gasteiger partial charge is 0.133 e. The average molecular weight is 355 g/mol. The van der Waals surface area contributed by atoms with Crippen LogP contribution in [0.3, 0.4) is 0 Å². The minimum absolute atomic E-state index is 0.580. The molecule has 0 radical (unpaired) electrons. The van der Waals surface area contributed by atoms with Crippen LogP contribution in [0.2, 0.25) is 0 Å². The molecule has 1 aliphatic carbocycles. The standard InChI is InChI=1S/C15H18INO/c1-3-4-18-15-6-11-10(5-14(15)16)9(2)12-7-17-8-13(11)12/h3,5-6,9,12-13,17H,1,4,7-8H2,2H3. The quantitative estimate of drug-likeness (QED) is 0.664. The summed E-state index contributed by atoms with van der Waals surface area (Å²) in [5.74, 6) is 3.12. The van der Waals surface area contributed by atoms with E-state index in [1.54, 1.807) is 6.08 Å². The third-order valence-electron chi connectivity index (χ3n) is 4.29. The SMILES string of the molecule is C=CCOc1cc2c(cc1I)C(C)C1CNCC21. The van der Waals surface area contributed by atoms with Crippen LogP contribution in [0.25, 0.3) is 0 Å². The number of rotatable bonds is 3. The van der Waals surface area contributed by atoms with Crippen molar-refractivity contribution in [3.05, 3.63) is 39.5 Å². The number of benzene rings is 1. The van der Waals surface area contributed by atoms with E-state index in [1.807, 2.05) is 0 Å². The van der Waals surface area contributed by atoms with E-state index in [0.717, 1.165) is 24.8 Å². The number of ether oxygens (including phenoxy) is 1. The molecule has 1 heterocycles. The summed E-state index contributed by atoms with van der Waals surface area (Å²) in [5.41, 5.74) is 3.03. The Kier molecular flexibility index (Phi) is 3.36. The van der Waals surface area contributed by atoms with E-state index in [1.165, 1.54) is 14.7 Å². The molecule has 3 unspecified atom stereocenters. The summed E-state index contributed by atoms with van der Waals surface area (Å²) in [7, 11) is 0. The molecule has 2 aliphatic rings. The van der Waals surface area contributed by atoms with E-state index >= 15 is 0 Å². The second-order valence-electron chi connectivity index (χ2n) is 5.23. The first-order valence-corrected chi connectivity index (χ1v) is 7.58. The molecule has 0 spiro atoms. The molecule has 3 heteroatoms. The number of hydrogen-bond acceptors (Lipinski definition) is 2. The van der Waals surface area contributed by atoms with Crippen molar-refractivity contribution in [1.29, 1.82) is 0 Å². The second-order valence-corrected chi connectivity index (χ2v) is 6.39. The first-order valence-electron chi connectivity index (χ1n) is 6.50. The highest BCUT2D eigenvalue weighted by Crippen LogP contribution is 2.49. The van der Waals surface area contributed by atoms with Crippen molar-refractivity contribution in [3.8, 4) is 5.75 Å². The van der Waals surface area contributed by atoms with Crippen LogP contribution in [-0.4, -0.2) is 19.7 Å². The third-order valence-corrected chi connectivity index (χ3v) is 5.13. The number of fused-ring (bicyclic) bond motifs is 3. The molecule has 1 aliphatic heterocycles. The Morgan fingerprint density at radius 3 is 3.06 bits per heavy atom. The fourth-order valence-corrected chi connectivity index (χ4v) is 4.00. The van der Waals surface area contributed by atoms with Crippen molar-refractivity contribution in [2.24, 2.45) is 5.92 Å². The van der Waals surface area contributed by atoms with Gasteiger partial charge in [0.05, 0.1) is 3.57 Å². The van der Waals surface area contributed by atoms with Crippen LogP contribution >= 0.6 is 22.6 Å². The van der Waals surface area contributed by atoms with Crippen molar-refractivity contribution < 1.29 is 4.74 Å². The maximum atomic E-state index is 5.75. The van der Waals surface area contributed by atoms with Crippen molar-refractivity contribution >= 4 is 22.6 Å². The van der Waals surface area contributed by atoms with Gasteiger partial charge in [-0.3, -0.25) is 0 Å². The summed E-state index contributed by atoms with van der Waals surface area (Å²) in [4.78, 5) is 0. The van der Waals surface area contributed by atoms with Crippen LogP contribution in [0, 0.1) is 9.49 Å². The van der Waals surface area contributed by atoms with Crippen LogP contribution in [0.5, 0.6) is 5.75 Å². The van der Waals surface area contributed by atoms with E-state index in [0.29, 0.717) is 18.4 Å². The van der Waals surface area contributed by atoms with Crippen molar-refractivity contribution in [2.75, 3.05) is 19.7 Å². The van der Waals surface area contributed by atoms with Gasteiger partial charge < -0.3 is 10.1 Å². The summed E-state index contributed by atoms with van der Waals surface area (Å²) in [6, 6.07) is 4.58. The number of nitrogens with one attached hydrogen (secondary N) is 1. The van der Waals surface area contributed by atoms with E-state index in [9.17, 15) is 0 Å². The van der Waals surface area contributed by atoms with Crippen molar-refractivity contribution in [1.82, 2.24) is 5.32 Å². The minimum Gasteiger partial charge on any atom is -0.488 e. The Labute approximate surface area is 122 Å². The molecule has 1 aromatic rings. The van der Waals surface area contributed by atoms with E-state index in [2.05, 4.69) is 53.5 Å². The molecule has 3 rings (SSSR count). The first kappa shape index (κ1) is 12.5. The minimum atomic E-state index is 0.580. The number of hydrogen-bond donors (Lipinski definition) is 1. The van der Waals surface area contributed by atoms with Gasteiger partial charge in [0.1, 0.15) is 12.4 Å². The fraction of sp³-hybridized carbons (Fsp3) is 0.467. The van der Waals surface area contributed by atoms with Crippen LogP contribution < -0.4 is 10.1 Å². The zero-order chi connectivity index (χ0) is 12.7. The molecule has 1 saturated heterocycles. The molecule has 0 bridgehead atoms. The lowest BCUT2D eigenvalue weighted by Crippen LogP contribution is -2.12. The molecule has 18 heavy (non-hydrogen) atoms. The second kappa shape index (κ2) is 4.85. The molecule has 2 nitrogen and oxygen atoms in total. The topological polar surface area (TPSA) is 21.3 Å². The van der Waals surface area contributed by atoms with Gasteiger partial charge in [-0.05, 0) is 64.2 Å². The maximum absolute atomic E-state index is 5.75. The molecule has 0 amide bonds. The van der Waals surface area contributed by atoms with Crippen LogP contribution in [0.4, 0.5) is 0 Å². The molecule has 1 aromatic carbocycles. The Balaban J connectivity index is 1.99. The Morgan fingerprint density at radius 2 is 2.28 bits per heavy atom. The normalized spacial score (nSPS) is 28.9. The predicted octanol–water partition coefficient (Wildman–Crippen LogP) is 3.28. The summed E-state index contributed by atoms with van der Waals surface area (Å²) in [6.45, 7) is 8.91. The average Bonchev–Trinajstić information content (AvgIpc) is 2.92. The van der Waals surface area contributed by atoms with E-state index < -0.39 is 0 Å². The van der Waals surface area contributed by atoms with Gasteiger partial charge in [-0.1, -0.05) is 19.6 Å². The molecule has 0 aromatic heterocycles. The molecule has 0 saturated carbocycles. The van der Waals surface area contributed by atoms with Gasteiger partial charge in [0, 0.05) is 12.5 Å². The maximum Gasteiger partial charge on any atom is 0.133 e. The highest BCUT2D eigenvalue weighted by atomic mass is 127. The van der Waals surface area contributed by atoms with Crippen LogP contribution in [0.1, 0.15) is 29.9 Å². The van der Waals surface area contributed by atoms with E-state index in [4.69, 9.17) is 4.74 Å². The third kappa shape index (κ3) is 1.88. The largest absolute Gasteiger partial charge is 0.488 e. The summed E-state index contributed by atoms with van der Waals surface area (Å²) < 4.78 is 6.96. The lowest BCUT2D eigenvalue weighted by atomic mass is 9.91. The summed E-state index contributed by atoms with van der Waals surface area (Å²) in [5, 5.41) is 3.51. The number of halogens is 1. The lowest BCUT2D eigenvalue weighted by molar-refractivity contribution is 0.360. The van der Waals surface area contributed by atoms with Gasteiger partial charge in [0.2, 0.25) is 0 Å². The van der Waals surface area contributed by atoms with Gasteiger partial charge in [0.25, 0.3) is 0 Å². The Hall–Kier alpha value is -0.550. The molecule has 96 valence electrons. The summed E-state index contributed by atoms with van der Waals surface area (Å²) in [6.07, 6.45) is 1.80. The molecular weight excluding hydrogens is 337 g/mol. The highest BCUT2D eigenvalue weighted by Gasteiger charge is 2.41.